The normalized spacial score (nSPS) is 11.1. The van der Waals surface area contributed by atoms with Crippen LogP contribution < -0.4 is 0 Å². The standard InChI is InChI=1S/C24H14N2O/c25-15-20-14-22(26-12-11-17-6-3-4-8-21(17)23(20)26)24(27)19-10-9-16-5-1-2-7-18(16)13-19/h1-14H. The fourth-order valence-electron chi connectivity index (χ4n) is 3.71. The highest BCUT2D eigenvalue weighted by atomic mass is 16.1. The van der Waals surface area contributed by atoms with Crippen LogP contribution in [0.2, 0.25) is 0 Å². The average Bonchev–Trinajstić information content (AvgIpc) is 3.12. The Kier molecular flexibility index (Phi) is 3.31. The molecule has 0 aliphatic rings. The van der Waals surface area contributed by atoms with E-state index in [1.54, 1.807) is 6.07 Å². The largest absolute Gasteiger partial charge is 0.312 e. The minimum Gasteiger partial charge on any atom is -0.312 e. The molecule has 3 nitrogen and oxygen atoms in total. The van der Waals surface area contributed by atoms with Crippen molar-refractivity contribution in [3.63, 3.8) is 0 Å². The van der Waals surface area contributed by atoms with Crippen LogP contribution in [0.25, 0.3) is 27.1 Å². The summed E-state index contributed by atoms with van der Waals surface area (Å²) in [7, 11) is 0. The van der Waals surface area contributed by atoms with Crippen LogP contribution in [0.1, 0.15) is 21.6 Å². The average molecular weight is 346 g/mol. The number of fused-ring (bicyclic) bond motifs is 4. The van der Waals surface area contributed by atoms with Crippen molar-refractivity contribution in [3.8, 4) is 6.07 Å². The van der Waals surface area contributed by atoms with Crippen LogP contribution in [0, 0.1) is 11.3 Å². The van der Waals surface area contributed by atoms with Gasteiger partial charge in [0.25, 0.3) is 0 Å². The molecule has 5 aromatic rings. The Morgan fingerprint density at radius 2 is 1.56 bits per heavy atom. The SMILES string of the molecule is N#Cc1cc(C(=O)c2ccc3ccccc3c2)n2ccc3ccccc3c12. The van der Waals surface area contributed by atoms with Crippen molar-refractivity contribution in [3.05, 3.63) is 102 Å². The lowest BCUT2D eigenvalue weighted by molar-refractivity contribution is 0.103. The van der Waals surface area contributed by atoms with Gasteiger partial charge in [0.1, 0.15) is 6.07 Å². The Morgan fingerprint density at radius 3 is 2.37 bits per heavy atom. The minimum atomic E-state index is -0.0902. The van der Waals surface area contributed by atoms with E-state index in [-0.39, 0.29) is 5.78 Å². The number of aromatic nitrogens is 1. The second-order valence-corrected chi connectivity index (χ2v) is 6.57. The molecule has 0 aliphatic carbocycles. The Balaban J connectivity index is 1.75. The van der Waals surface area contributed by atoms with Gasteiger partial charge in [0, 0.05) is 17.1 Å². The van der Waals surface area contributed by atoms with E-state index in [1.807, 2.05) is 83.4 Å². The molecule has 2 aromatic heterocycles. The van der Waals surface area contributed by atoms with Gasteiger partial charge in [-0.3, -0.25) is 4.79 Å². The lowest BCUT2D eigenvalue weighted by atomic mass is 10.0. The van der Waals surface area contributed by atoms with Crippen LogP contribution in [-0.2, 0) is 0 Å². The Labute approximate surface area is 155 Å². The molecule has 0 saturated heterocycles. The molecule has 3 heteroatoms. The third-order valence-corrected chi connectivity index (χ3v) is 5.02. The number of nitrogens with zero attached hydrogens (tertiary/aromatic N) is 2. The topological polar surface area (TPSA) is 45.3 Å². The minimum absolute atomic E-state index is 0.0902. The summed E-state index contributed by atoms with van der Waals surface area (Å²) in [6.45, 7) is 0. The molecule has 0 saturated carbocycles. The Bertz CT molecular complexity index is 1400. The van der Waals surface area contributed by atoms with Gasteiger partial charge >= 0.3 is 0 Å². The summed E-state index contributed by atoms with van der Waals surface area (Å²) in [4.78, 5) is 13.2. The van der Waals surface area contributed by atoms with E-state index in [0.717, 1.165) is 27.1 Å². The van der Waals surface area contributed by atoms with Crippen LogP contribution >= 0.6 is 0 Å². The van der Waals surface area contributed by atoms with Gasteiger partial charge in [-0.15, -0.1) is 0 Å². The van der Waals surface area contributed by atoms with E-state index in [9.17, 15) is 10.1 Å². The maximum Gasteiger partial charge on any atom is 0.209 e. The molecule has 2 heterocycles. The third-order valence-electron chi connectivity index (χ3n) is 5.02. The Morgan fingerprint density at radius 1 is 0.815 bits per heavy atom. The fourth-order valence-corrected chi connectivity index (χ4v) is 3.71. The van der Waals surface area contributed by atoms with Gasteiger partial charge in [-0.05, 0) is 34.4 Å². The second-order valence-electron chi connectivity index (χ2n) is 6.57. The molecule has 0 unspecified atom stereocenters. The van der Waals surface area contributed by atoms with Crippen molar-refractivity contribution in [2.45, 2.75) is 0 Å². The van der Waals surface area contributed by atoms with Gasteiger partial charge in [0.2, 0.25) is 5.78 Å². The number of benzene rings is 3. The molecule has 0 fully saturated rings. The summed E-state index contributed by atoms with van der Waals surface area (Å²) in [5, 5.41) is 13.8. The van der Waals surface area contributed by atoms with E-state index in [2.05, 4.69) is 6.07 Å². The molecule has 3 aromatic carbocycles. The van der Waals surface area contributed by atoms with Gasteiger partial charge < -0.3 is 4.40 Å². The number of hydrogen-bond acceptors (Lipinski definition) is 2. The number of nitriles is 1. The molecule has 5 rings (SSSR count). The fraction of sp³-hybridized carbons (Fsp3) is 0. The van der Waals surface area contributed by atoms with Crippen molar-refractivity contribution in [1.29, 1.82) is 5.26 Å². The molecule has 0 aliphatic heterocycles. The van der Waals surface area contributed by atoms with E-state index >= 15 is 0 Å². The highest BCUT2D eigenvalue weighted by molar-refractivity contribution is 6.12. The van der Waals surface area contributed by atoms with Crippen molar-refractivity contribution in [2.24, 2.45) is 0 Å². The quantitative estimate of drug-likeness (QED) is 0.405. The third kappa shape index (κ3) is 2.32. The van der Waals surface area contributed by atoms with E-state index in [0.29, 0.717) is 16.8 Å². The van der Waals surface area contributed by atoms with Crippen molar-refractivity contribution < 1.29 is 4.79 Å². The van der Waals surface area contributed by atoms with Crippen LogP contribution in [0.15, 0.2) is 85.1 Å². The molecule has 126 valence electrons. The monoisotopic (exact) mass is 346 g/mol. The maximum atomic E-state index is 13.2. The number of carbonyl (C=O) groups excluding carboxylic acids is 1. The molecular weight excluding hydrogens is 332 g/mol. The first-order chi connectivity index (χ1) is 13.3. The molecule has 0 amide bonds. The summed E-state index contributed by atoms with van der Waals surface area (Å²) in [5.41, 5.74) is 2.41. The lowest BCUT2D eigenvalue weighted by Crippen LogP contribution is -2.05. The van der Waals surface area contributed by atoms with E-state index < -0.39 is 0 Å². The molecular formula is C24H14N2O. The first-order valence-electron chi connectivity index (χ1n) is 8.73. The summed E-state index contributed by atoms with van der Waals surface area (Å²) in [6, 6.07) is 27.5. The summed E-state index contributed by atoms with van der Waals surface area (Å²) < 4.78 is 1.83. The highest BCUT2D eigenvalue weighted by Gasteiger charge is 2.18. The Hall–Kier alpha value is -3.90. The molecule has 0 spiro atoms. The van der Waals surface area contributed by atoms with Crippen molar-refractivity contribution in [2.75, 3.05) is 0 Å². The summed E-state index contributed by atoms with van der Waals surface area (Å²) in [5.74, 6) is -0.0902. The smallest absolute Gasteiger partial charge is 0.209 e. The van der Waals surface area contributed by atoms with E-state index in [4.69, 9.17) is 0 Å². The zero-order valence-corrected chi connectivity index (χ0v) is 14.4. The van der Waals surface area contributed by atoms with Crippen LogP contribution in [0.4, 0.5) is 0 Å². The molecule has 0 radical (unpaired) electrons. The predicted octanol–water partition coefficient (Wildman–Crippen LogP) is 5.35. The molecule has 0 bridgehead atoms. The summed E-state index contributed by atoms with van der Waals surface area (Å²) in [6.07, 6.45) is 1.87. The first-order valence-corrected chi connectivity index (χ1v) is 8.73. The van der Waals surface area contributed by atoms with Crippen LogP contribution in [0.5, 0.6) is 0 Å². The van der Waals surface area contributed by atoms with Gasteiger partial charge in [0.05, 0.1) is 16.8 Å². The first kappa shape index (κ1) is 15.4. The second kappa shape index (κ2) is 5.82. The molecule has 27 heavy (non-hydrogen) atoms. The molecule has 0 atom stereocenters. The number of carbonyl (C=O) groups is 1. The lowest BCUT2D eigenvalue weighted by Gasteiger charge is -2.06. The van der Waals surface area contributed by atoms with Crippen LogP contribution in [-0.4, -0.2) is 10.2 Å². The van der Waals surface area contributed by atoms with E-state index in [1.165, 1.54) is 0 Å². The van der Waals surface area contributed by atoms with Gasteiger partial charge in [-0.2, -0.15) is 5.26 Å². The van der Waals surface area contributed by atoms with Gasteiger partial charge in [-0.25, -0.2) is 0 Å². The van der Waals surface area contributed by atoms with Crippen LogP contribution in [0.3, 0.4) is 0 Å². The van der Waals surface area contributed by atoms with Crippen molar-refractivity contribution >= 4 is 32.8 Å². The number of ketones is 1. The number of hydrogen-bond donors (Lipinski definition) is 0. The maximum absolute atomic E-state index is 13.2. The zero-order chi connectivity index (χ0) is 18.4. The highest BCUT2D eigenvalue weighted by Crippen LogP contribution is 2.27. The number of rotatable bonds is 2. The number of pyridine rings is 1. The molecule has 0 N–H and O–H groups in total. The predicted molar refractivity (Wildman–Crippen MR) is 107 cm³/mol. The van der Waals surface area contributed by atoms with Crippen molar-refractivity contribution in [1.82, 2.24) is 4.40 Å². The van der Waals surface area contributed by atoms with Gasteiger partial charge in [0.15, 0.2) is 0 Å². The zero-order valence-electron chi connectivity index (χ0n) is 14.4. The summed E-state index contributed by atoms with van der Waals surface area (Å²) >= 11 is 0. The van der Waals surface area contributed by atoms with Gasteiger partial charge in [-0.1, -0.05) is 60.7 Å².